The fourth-order valence-electron chi connectivity index (χ4n) is 3.07. The highest BCUT2D eigenvalue weighted by Crippen LogP contribution is 2.28. The van der Waals surface area contributed by atoms with Crippen molar-refractivity contribution in [3.8, 4) is 0 Å². The molecular weight excluding hydrogens is 446 g/mol. The van der Waals surface area contributed by atoms with Gasteiger partial charge in [-0.2, -0.15) is 5.10 Å². The molecule has 3 rings (SSSR count). The van der Waals surface area contributed by atoms with Gasteiger partial charge in [-0.1, -0.05) is 53.6 Å². The van der Waals surface area contributed by atoms with Crippen LogP contribution in [-0.4, -0.2) is 27.1 Å². The van der Waals surface area contributed by atoms with E-state index in [0.717, 1.165) is 21.0 Å². The number of halogens is 1. The van der Waals surface area contributed by atoms with Gasteiger partial charge in [0.05, 0.1) is 16.8 Å². The number of carbonyl (C=O) groups excluding carboxylic acids is 1. The fourth-order valence-corrected chi connectivity index (χ4v) is 4.75. The predicted octanol–water partition coefficient (Wildman–Crippen LogP) is 4.61. The standard InChI is InChI=1S/C24H24ClN3O3S/c1-17-10-12-22(13-11-17)32(30,31)28(23-9-4-6-18(2)19(23)3)16-24(29)27-26-15-20-7-5-8-21(25)14-20/h4-15H,16H2,1-3H3,(H,27,29)/b26-15-. The first-order chi connectivity index (χ1) is 15.2. The molecule has 0 aliphatic carbocycles. The number of amides is 1. The Kier molecular flexibility index (Phi) is 7.33. The summed E-state index contributed by atoms with van der Waals surface area (Å²) >= 11 is 5.95. The number of anilines is 1. The van der Waals surface area contributed by atoms with Crippen LogP contribution in [0.1, 0.15) is 22.3 Å². The minimum atomic E-state index is -3.98. The molecule has 166 valence electrons. The minimum absolute atomic E-state index is 0.110. The molecule has 0 atom stereocenters. The van der Waals surface area contributed by atoms with Crippen molar-refractivity contribution in [3.05, 3.63) is 94.0 Å². The molecule has 0 saturated carbocycles. The van der Waals surface area contributed by atoms with Crippen molar-refractivity contribution in [1.82, 2.24) is 5.43 Å². The Bertz CT molecular complexity index is 1260. The molecule has 3 aromatic rings. The molecule has 0 saturated heterocycles. The number of sulfonamides is 1. The maximum atomic E-state index is 13.5. The summed E-state index contributed by atoms with van der Waals surface area (Å²) < 4.78 is 28.1. The molecular formula is C24H24ClN3O3S. The third kappa shape index (κ3) is 5.55. The molecule has 0 aromatic heterocycles. The fraction of sp³-hybridized carbons (Fsp3) is 0.167. The lowest BCUT2D eigenvalue weighted by Crippen LogP contribution is -2.40. The van der Waals surface area contributed by atoms with Gasteiger partial charge in [0.1, 0.15) is 6.54 Å². The monoisotopic (exact) mass is 469 g/mol. The number of hydrazone groups is 1. The van der Waals surface area contributed by atoms with E-state index in [1.54, 1.807) is 48.5 Å². The average Bonchev–Trinajstić information content (AvgIpc) is 2.74. The van der Waals surface area contributed by atoms with Crippen molar-refractivity contribution in [2.45, 2.75) is 25.7 Å². The molecule has 0 unspecified atom stereocenters. The second-order valence-electron chi connectivity index (χ2n) is 7.39. The van der Waals surface area contributed by atoms with Gasteiger partial charge in [0.2, 0.25) is 0 Å². The van der Waals surface area contributed by atoms with Crippen molar-refractivity contribution >= 4 is 39.4 Å². The third-order valence-corrected chi connectivity index (χ3v) is 7.00. The lowest BCUT2D eigenvalue weighted by molar-refractivity contribution is -0.119. The van der Waals surface area contributed by atoms with Gasteiger partial charge in [-0.25, -0.2) is 13.8 Å². The van der Waals surface area contributed by atoms with Crippen LogP contribution in [0.15, 0.2) is 76.7 Å². The van der Waals surface area contributed by atoms with Gasteiger partial charge in [0.15, 0.2) is 0 Å². The summed E-state index contributed by atoms with van der Waals surface area (Å²) in [6.45, 7) is 5.18. The Morgan fingerprint density at radius 3 is 2.41 bits per heavy atom. The second-order valence-corrected chi connectivity index (χ2v) is 9.69. The second kappa shape index (κ2) is 9.97. The summed E-state index contributed by atoms with van der Waals surface area (Å²) in [7, 11) is -3.98. The van der Waals surface area contributed by atoms with Crippen molar-refractivity contribution < 1.29 is 13.2 Å². The smallest absolute Gasteiger partial charge is 0.264 e. The zero-order valence-electron chi connectivity index (χ0n) is 18.0. The number of rotatable bonds is 7. The molecule has 0 aliphatic heterocycles. The van der Waals surface area contributed by atoms with Crippen LogP contribution in [0.5, 0.6) is 0 Å². The van der Waals surface area contributed by atoms with E-state index >= 15 is 0 Å². The number of hydrogen-bond acceptors (Lipinski definition) is 4. The first kappa shape index (κ1) is 23.5. The summed E-state index contributed by atoms with van der Waals surface area (Å²) in [5.41, 5.74) is 6.19. The van der Waals surface area contributed by atoms with Crippen LogP contribution in [0.3, 0.4) is 0 Å². The minimum Gasteiger partial charge on any atom is -0.271 e. The van der Waals surface area contributed by atoms with Crippen LogP contribution in [0.2, 0.25) is 5.02 Å². The van der Waals surface area contributed by atoms with E-state index in [0.29, 0.717) is 16.3 Å². The molecule has 1 N–H and O–H groups in total. The Balaban J connectivity index is 1.90. The van der Waals surface area contributed by atoms with Gasteiger partial charge in [-0.15, -0.1) is 0 Å². The molecule has 3 aromatic carbocycles. The topological polar surface area (TPSA) is 78.8 Å². The number of nitrogens with zero attached hydrogens (tertiary/aromatic N) is 2. The van der Waals surface area contributed by atoms with Gasteiger partial charge < -0.3 is 0 Å². The highest BCUT2D eigenvalue weighted by atomic mass is 35.5. The lowest BCUT2D eigenvalue weighted by atomic mass is 10.1. The van der Waals surface area contributed by atoms with Crippen LogP contribution in [0, 0.1) is 20.8 Å². The highest BCUT2D eigenvalue weighted by molar-refractivity contribution is 7.92. The predicted molar refractivity (Wildman–Crippen MR) is 129 cm³/mol. The Labute approximate surface area is 193 Å². The largest absolute Gasteiger partial charge is 0.271 e. The number of hydrogen-bond donors (Lipinski definition) is 1. The third-order valence-electron chi connectivity index (χ3n) is 4.99. The number of nitrogens with one attached hydrogen (secondary N) is 1. The normalized spacial score (nSPS) is 11.5. The molecule has 0 spiro atoms. The molecule has 0 fully saturated rings. The molecule has 6 nitrogen and oxygen atoms in total. The Hall–Kier alpha value is -3.16. The maximum absolute atomic E-state index is 13.5. The number of benzene rings is 3. The Morgan fingerprint density at radius 2 is 1.72 bits per heavy atom. The maximum Gasteiger partial charge on any atom is 0.264 e. The van der Waals surface area contributed by atoms with Gasteiger partial charge in [0, 0.05) is 5.02 Å². The summed E-state index contributed by atoms with van der Waals surface area (Å²) in [5, 5.41) is 4.48. The number of aryl methyl sites for hydroxylation is 2. The van der Waals surface area contributed by atoms with Gasteiger partial charge >= 0.3 is 0 Å². The molecule has 1 amide bonds. The number of carbonyl (C=O) groups is 1. The van der Waals surface area contributed by atoms with Gasteiger partial charge in [-0.3, -0.25) is 9.10 Å². The van der Waals surface area contributed by atoms with E-state index in [1.165, 1.54) is 18.3 Å². The molecule has 0 heterocycles. The zero-order valence-corrected chi connectivity index (χ0v) is 19.6. The quantitative estimate of drug-likeness (QED) is 0.405. The van der Waals surface area contributed by atoms with E-state index < -0.39 is 22.5 Å². The first-order valence-corrected chi connectivity index (χ1v) is 11.7. The molecule has 8 heteroatoms. The average molecular weight is 470 g/mol. The van der Waals surface area contributed by atoms with E-state index in [2.05, 4.69) is 10.5 Å². The van der Waals surface area contributed by atoms with E-state index in [4.69, 9.17) is 11.6 Å². The summed E-state index contributed by atoms with van der Waals surface area (Å²) in [6, 6.07) is 18.9. The van der Waals surface area contributed by atoms with Gasteiger partial charge in [-0.05, 0) is 67.8 Å². The highest BCUT2D eigenvalue weighted by Gasteiger charge is 2.28. The molecule has 0 radical (unpaired) electrons. The summed E-state index contributed by atoms with van der Waals surface area (Å²) in [6.07, 6.45) is 1.44. The first-order valence-electron chi connectivity index (χ1n) is 9.91. The van der Waals surface area contributed by atoms with E-state index in [1.807, 2.05) is 26.8 Å². The SMILES string of the molecule is Cc1ccc(S(=O)(=O)N(CC(=O)N/N=C\c2cccc(Cl)c2)c2cccc(C)c2C)cc1. The zero-order chi connectivity index (χ0) is 23.3. The molecule has 0 aliphatic rings. The Morgan fingerprint density at radius 1 is 1.03 bits per heavy atom. The summed E-state index contributed by atoms with van der Waals surface area (Å²) in [5.74, 6) is -0.570. The van der Waals surface area contributed by atoms with Gasteiger partial charge in [0.25, 0.3) is 15.9 Å². The summed E-state index contributed by atoms with van der Waals surface area (Å²) in [4.78, 5) is 12.8. The van der Waals surface area contributed by atoms with Crippen LogP contribution in [0.4, 0.5) is 5.69 Å². The van der Waals surface area contributed by atoms with Crippen molar-refractivity contribution in [1.29, 1.82) is 0 Å². The van der Waals surface area contributed by atoms with Crippen LogP contribution < -0.4 is 9.73 Å². The van der Waals surface area contributed by atoms with Crippen LogP contribution in [-0.2, 0) is 14.8 Å². The van der Waals surface area contributed by atoms with Crippen LogP contribution >= 0.6 is 11.6 Å². The van der Waals surface area contributed by atoms with Crippen LogP contribution in [0.25, 0.3) is 0 Å². The molecule has 0 bridgehead atoms. The lowest BCUT2D eigenvalue weighted by Gasteiger charge is -2.26. The van der Waals surface area contributed by atoms with E-state index in [-0.39, 0.29) is 4.90 Å². The van der Waals surface area contributed by atoms with E-state index in [9.17, 15) is 13.2 Å². The van der Waals surface area contributed by atoms with Crippen molar-refractivity contribution in [3.63, 3.8) is 0 Å². The molecule has 32 heavy (non-hydrogen) atoms. The van der Waals surface area contributed by atoms with Crippen molar-refractivity contribution in [2.75, 3.05) is 10.8 Å². The van der Waals surface area contributed by atoms with Crippen molar-refractivity contribution in [2.24, 2.45) is 5.10 Å².